The van der Waals surface area contributed by atoms with Gasteiger partial charge in [-0.25, -0.2) is 9.59 Å². The summed E-state index contributed by atoms with van der Waals surface area (Å²) >= 11 is 0. The van der Waals surface area contributed by atoms with Gasteiger partial charge in [-0.1, -0.05) is 30.8 Å². The molecule has 0 unspecified atom stereocenters. The number of carbonyl (C=O) groups is 4. The molecule has 2 heterocycles. The first-order valence-electron chi connectivity index (χ1n) is 11.7. The molecule has 0 aromatic rings. The number of ether oxygens (including phenoxy) is 1. The van der Waals surface area contributed by atoms with E-state index in [-0.39, 0.29) is 18.9 Å². The minimum Gasteiger partial charge on any atom is -0.479 e. The third-order valence-corrected chi connectivity index (χ3v) is 6.38. The Morgan fingerprint density at radius 1 is 1.27 bits per heavy atom. The summed E-state index contributed by atoms with van der Waals surface area (Å²) in [5, 5.41) is 15.1. The van der Waals surface area contributed by atoms with Gasteiger partial charge >= 0.3 is 12.1 Å². The second-order valence-electron chi connectivity index (χ2n) is 10.3. The SMILES string of the molecule is [B][C@@H]1C[C@H]2C(=O)N[C@]3(C(=O)O)C[C@H]3/C=C\CCCCC[C@H](NC(=O)OC(C)(C)C)C(=O)N2C1. The molecule has 33 heavy (non-hydrogen) atoms. The van der Waals surface area contributed by atoms with Crippen molar-refractivity contribution < 1.29 is 29.0 Å². The highest BCUT2D eigenvalue weighted by Crippen LogP contribution is 2.45. The van der Waals surface area contributed by atoms with Crippen LogP contribution in [-0.2, 0) is 19.1 Å². The zero-order valence-corrected chi connectivity index (χ0v) is 19.6. The van der Waals surface area contributed by atoms with E-state index >= 15 is 0 Å². The number of hydrogen-bond acceptors (Lipinski definition) is 5. The minimum absolute atomic E-state index is 0.160. The summed E-state index contributed by atoms with van der Waals surface area (Å²) in [5.41, 5.74) is -2.06. The molecule has 2 fully saturated rings. The lowest BCUT2D eigenvalue weighted by molar-refractivity contribution is -0.145. The van der Waals surface area contributed by atoms with Crippen LogP contribution in [0.4, 0.5) is 4.79 Å². The molecule has 180 valence electrons. The Labute approximate surface area is 196 Å². The summed E-state index contributed by atoms with van der Waals surface area (Å²) in [6.07, 6.45) is 7.29. The number of carbonyl (C=O) groups excluding carboxylic acids is 3. The van der Waals surface area contributed by atoms with Crippen LogP contribution >= 0.6 is 0 Å². The van der Waals surface area contributed by atoms with Gasteiger partial charge < -0.3 is 25.4 Å². The molecule has 3 N–H and O–H groups in total. The van der Waals surface area contributed by atoms with Crippen molar-refractivity contribution in [2.45, 2.75) is 94.8 Å². The summed E-state index contributed by atoms with van der Waals surface area (Å²) < 4.78 is 5.33. The Bertz CT molecular complexity index is 826. The van der Waals surface area contributed by atoms with Crippen LogP contribution in [0, 0.1) is 5.92 Å². The van der Waals surface area contributed by atoms with Gasteiger partial charge in [-0.3, -0.25) is 9.59 Å². The number of rotatable bonds is 2. The Hall–Kier alpha value is -2.52. The molecule has 10 heteroatoms. The van der Waals surface area contributed by atoms with Crippen LogP contribution < -0.4 is 10.6 Å². The van der Waals surface area contributed by atoms with Crippen molar-refractivity contribution in [3.8, 4) is 0 Å². The number of carboxylic acid groups (broad SMARTS) is 1. The Morgan fingerprint density at radius 3 is 2.67 bits per heavy atom. The third kappa shape index (κ3) is 6.09. The number of aliphatic carboxylic acids is 1. The smallest absolute Gasteiger partial charge is 0.408 e. The molecule has 0 spiro atoms. The number of carboxylic acids is 1. The highest BCUT2D eigenvalue weighted by atomic mass is 16.6. The van der Waals surface area contributed by atoms with Crippen molar-refractivity contribution in [1.29, 1.82) is 0 Å². The van der Waals surface area contributed by atoms with Gasteiger partial charge in [-0.15, -0.1) is 0 Å². The van der Waals surface area contributed by atoms with E-state index < -0.39 is 52.9 Å². The summed E-state index contributed by atoms with van der Waals surface area (Å²) in [7, 11) is 6.09. The average molecular weight is 459 g/mol. The highest BCUT2D eigenvalue weighted by Gasteiger charge is 2.61. The summed E-state index contributed by atoms with van der Waals surface area (Å²) in [6.45, 7) is 5.37. The number of alkyl carbamates (subject to hydrolysis) is 1. The topological polar surface area (TPSA) is 125 Å². The van der Waals surface area contributed by atoms with Gasteiger partial charge in [0.25, 0.3) is 0 Å². The minimum atomic E-state index is -1.34. The van der Waals surface area contributed by atoms with Crippen LogP contribution in [0.5, 0.6) is 0 Å². The largest absolute Gasteiger partial charge is 0.479 e. The van der Waals surface area contributed by atoms with Crippen molar-refractivity contribution in [3.05, 3.63) is 12.2 Å². The van der Waals surface area contributed by atoms with Crippen LogP contribution in [0.25, 0.3) is 0 Å². The lowest BCUT2D eigenvalue weighted by Gasteiger charge is -2.30. The normalized spacial score (nSPS) is 34.1. The lowest BCUT2D eigenvalue weighted by atomic mass is 9.85. The molecule has 1 saturated carbocycles. The van der Waals surface area contributed by atoms with Crippen molar-refractivity contribution >= 4 is 31.7 Å². The van der Waals surface area contributed by atoms with Gasteiger partial charge in [0.05, 0.1) is 7.85 Å². The Kier molecular flexibility index (Phi) is 7.44. The average Bonchev–Trinajstić information content (AvgIpc) is 3.25. The molecule has 3 rings (SSSR count). The van der Waals surface area contributed by atoms with E-state index in [4.69, 9.17) is 12.6 Å². The van der Waals surface area contributed by atoms with Gasteiger partial charge in [0.2, 0.25) is 11.8 Å². The van der Waals surface area contributed by atoms with Crippen LogP contribution in [0.1, 0.15) is 65.7 Å². The van der Waals surface area contributed by atoms with E-state index in [0.717, 1.165) is 19.3 Å². The quantitative estimate of drug-likeness (QED) is 0.428. The summed E-state index contributed by atoms with van der Waals surface area (Å²) in [4.78, 5) is 52.3. The molecular weight excluding hydrogens is 425 g/mol. The molecule has 2 aliphatic heterocycles. The standard InChI is InChI=1S/C23H34BN3O6/c1-22(2,3)33-21(32)25-16-10-8-6-4-5-7-9-14-12-23(14,20(30)31)26-18(28)17-11-15(24)13-27(17)19(16)29/h7,9,14-17H,4-6,8,10-13H2,1-3H3,(H,25,32)(H,26,28)(H,30,31)/b9-7-/t14-,15-,16+,17+,23-/m1/s1. The lowest BCUT2D eigenvalue weighted by Crippen LogP contribution is -2.56. The van der Waals surface area contributed by atoms with Crippen LogP contribution in [-0.4, -0.2) is 71.5 Å². The van der Waals surface area contributed by atoms with Crippen LogP contribution in [0.2, 0.25) is 5.82 Å². The van der Waals surface area contributed by atoms with E-state index in [0.29, 0.717) is 19.3 Å². The number of allylic oxidation sites excluding steroid dienone is 1. The highest BCUT2D eigenvalue weighted by molar-refractivity contribution is 6.13. The van der Waals surface area contributed by atoms with Crippen molar-refractivity contribution in [2.24, 2.45) is 5.92 Å². The molecule has 2 radical (unpaired) electrons. The molecule has 0 bridgehead atoms. The molecule has 0 aromatic carbocycles. The number of amides is 3. The fourth-order valence-electron chi connectivity index (χ4n) is 4.58. The van der Waals surface area contributed by atoms with Crippen LogP contribution in [0.3, 0.4) is 0 Å². The number of nitrogens with one attached hydrogen (secondary N) is 2. The monoisotopic (exact) mass is 459 g/mol. The van der Waals surface area contributed by atoms with E-state index in [2.05, 4.69) is 10.6 Å². The summed E-state index contributed by atoms with van der Waals surface area (Å²) in [5.74, 6) is -2.70. The van der Waals surface area contributed by atoms with Crippen molar-refractivity contribution in [2.75, 3.05) is 6.54 Å². The molecule has 5 atom stereocenters. The maximum atomic E-state index is 13.5. The van der Waals surface area contributed by atoms with Crippen molar-refractivity contribution in [3.63, 3.8) is 0 Å². The molecule has 3 amide bonds. The van der Waals surface area contributed by atoms with Gasteiger partial charge in [0.15, 0.2) is 0 Å². The second-order valence-corrected chi connectivity index (χ2v) is 10.3. The summed E-state index contributed by atoms with van der Waals surface area (Å²) in [6, 6.07) is -1.75. The van der Waals surface area contributed by atoms with Crippen LogP contribution in [0.15, 0.2) is 12.2 Å². The van der Waals surface area contributed by atoms with Crippen molar-refractivity contribution in [1.82, 2.24) is 15.5 Å². The van der Waals surface area contributed by atoms with E-state index in [1.165, 1.54) is 4.90 Å². The predicted octanol–water partition coefficient (Wildman–Crippen LogP) is 1.92. The molecule has 0 aromatic heterocycles. The van der Waals surface area contributed by atoms with Gasteiger partial charge in [0, 0.05) is 12.5 Å². The van der Waals surface area contributed by atoms with E-state index in [1.807, 2.05) is 12.2 Å². The number of hydrogen-bond donors (Lipinski definition) is 3. The first-order valence-corrected chi connectivity index (χ1v) is 11.7. The van der Waals surface area contributed by atoms with Gasteiger partial charge in [-0.2, -0.15) is 0 Å². The molecule has 1 aliphatic carbocycles. The Morgan fingerprint density at radius 2 is 2.00 bits per heavy atom. The molecule has 9 nitrogen and oxygen atoms in total. The first kappa shape index (κ1) is 25.1. The van der Waals surface area contributed by atoms with E-state index in [1.54, 1.807) is 20.8 Å². The van der Waals surface area contributed by atoms with Gasteiger partial charge in [-0.05, 0) is 52.9 Å². The maximum Gasteiger partial charge on any atom is 0.408 e. The predicted molar refractivity (Wildman–Crippen MR) is 122 cm³/mol. The molecule has 1 saturated heterocycles. The fourth-order valence-corrected chi connectivity index (χ4v) is 4.58. The molecule has 3 aliphatic rings. The second kappa shape index (κ2) is 9.77. The zero-order valence-electron chi connectivity index (χ0n) is 19.6. The third-order valence-electron chi connectivity index (χ3n) is 6.38. The fraction of sp³-hybridized carbons (Fsp3) is 0.739. The zero-order chi connectivity index (χ0) is 24.4. The van der Waals surface area contributed by atoms with Gasteiger partial charge in [0.1, 0.15) is 23.2 Å². The Balaban J connectivity index is 1.83. The maximum absolute atomic E-state index is 13.5. The molecular formula is C23H34BN3O6. The number of fused-ring (bicyclic) bond motifs is 2. The van der Waals surface area contributed by atoms with E-state index in [9.17, 15) is 24.3 Å². The number of nitrogens with zero attached hydrogens (tertiary/aromatic N) is 1. The first-order chi connectivity index (χ1) is 15.4.